The van der Waals surface area contributed by atoms with E-state index >= 15 is 0 Å². The Morgan fingerprint density at radius 2 is 1.81 bits per heavy atom. The zero-order valence-electron chi connectivity index (χ0n) is 11.3. The van der Waals surface area contributed by atoms with Crippen molar-refractivity contribution in [2.75, 3.05) is 6.79 Å². The van der Waals surface area contributed by atoms with Gasteiger partial charge in [0.25, 0.3) is 0 Å². The topological polar surface area (TPSA) is 85.4 Å². The predicted octanol–water partition coefficient (Wildman–Crippen LogP) is 1.86. The summed E-state index contributed by atoms with van der Waals surface area (Å²) in [6.45, 7) is 0.146. The highest BCUT2D eigenvalue weighted by Crippen LogP contribution is 2.35. The average molecular weight is 282 g/mol. The lowest BCUT2D eigenvalue weighted by molar-refractivity contribution is -0.117. The summed E-state index contributed by atoms with van der Waals surface area (Å²) in [6.07, 6.45) is 0.0567. The molecule has 0 unspecified atom stereocenters. The van der Waals surface area contributed by atoms with Crippen LogP contribution in [0, 0.1) is 5.41 Å². The molecule has 3 N–H and O–H groups in total. The standard InChI is InChI=1S/C16H14N2O3/c17-15(19)7-11-6-13-14(21-9-20-13)8-12(11)16(18)10-4-2-1-3-5-10/h1-6,8,18H,7,9H2,(H2,17,19). The van der Waals surface area contributed by atoms with Gasteiger partial charge in [-0.25, -0.2) is 0 Å². The van der Waals surface area contributed by atoms with E-state index in [1.54, 1.807) is 12.1 Å². The van der Waals surface area contributed by atoms with Crippen LogP contribution in [0.4, 0.5) is 0 Å². The van der Waals surface area contributed by atoms with Crippen LogP contribution < -0.4 is 15.2 Å². The zero-order valence-corrected chi connectivity index (χ0v) is 11.3. The van der Waals surface area contributed by atoms with Gasteiger partial charge in [-0.1, -0.05) is 30.3 Å². The summed E-state index contributed by atoms with van der Waals surface area (Å²) in [5.74, 6) is 0.714. The fraction of sp³-hybridized carbons (Fsp3) is 0.125. The normalized spacial score (nSPS) is 12.2. The Bertz CT molecular complexity index is 711. The van der Waals surface area contributed by atoms with Crippen molar-refractivity contribution in [1.29, 1.82) is 5.41 Å². The third-order valence-corrected chi connectivity index (χ3v) is 3.29. The number of nitrogens with two attached hydrogens (primary N) is 1. The lowest BCUT2D eigenvalue weighted by Crippen LogP contribution is -2.16. The van der Waals surface area contributed by atoms with Crippen LogP contribution >= 0.6 is 0 Å². The van der Waals surface area contributed by atoms with Gasteiger partial charge in [0.05, 0.1) is 12.1 Å². The van der Waals surface area contributed by atoms with Gasteiger partial charge in [-0.2, -0.15) is 0 Å². The molecule has 5 nitrogen and oxygen atoms in total. The molecule has 0 saturated carbocycles. The third-order valence-electron chi connectivity index (χ3n) is 3.29. The number of ether oxygens (including phenoxy) is 2. The van der Waals surface area contributed by atoms with E-state index in [9.17, 15) is 4.79 Å². The summed E-state index contributed by atoms with van der Waals surface area (Å²) < 4.78 is 10.7. The van der Waals surface area contributed by atoms with E-state index in [0.717, 1.165) is 5.56 Å². The van der Waals surface area contributed by atoms with Crippen LogP contribution in [-0.2, 0) is 11.2 Å². The summed E-state index contributed by atoms with van der Waals surface area (Å²) in [4.78, 5) is 11.3. The molecule has 0 aliphatic carbocycles. The van der Waals surface area contributed by atoms with Gasteiger partial charge in [0.1, 0.15) is 0 Å². The highest BCUT2D eigenvalue weighted by molar-refractivity contribution is 6.12. The minimum absolute atomic E-state index is 0.0567. The van der Waals surface area contributed by atoms with Gasteiger partial charge in [0.15, 0.2) is 11.5 Å². The number of primary amides is 1. The Morgan fingerprint density at radius 1 is 1.14 bits per heavy atom. The monoisotopic (exact) mass is 282 g/mol. The second kappa shape index (κ2) is 5.28. The molecule has 0 atom stereocenters. The summed E-state index contributed by atoms with van der Waals surface area (Å²) in [5, 5.41) is 8.37. The molecule has 106 valence electrons. The fourth-order valence-electron chi connectivity index (χ4n) is 2.31. The summed E-state index contributed by atoms with van der Waals surface area (Å²) >= 11 is 0. The molecule has 2 aromatic carbocycles. The van der Waals surface area contributed by atoms with E-state index in [1.807, 2.05) is 30.3 Å². The number of amides is 1. The van der Waals surface area contributed by atoms with Crippen LogP contribution in [-0.4, -0.2) is 18.4 Å². The number of carbonyl (C=O) groups is 1. The second-order valence-electron chi connectivity index (χ2n) is 4.75. The van der Waals surface area contributed by atoms with Crippen molar-refractivity contribution >= 4 is 11.6 Å². The van der Waals surface area contributed by atoms with Crippen molar-refractivity contribution in [2.45, 2.75) is 6.42 Å². The van der Waals surface area contributed by atoms with Gasteiger partial charge >= 0.3 is 0 Å². The zero-order chi connectivity index (χ0) is 14.8. The average Bonchev–Trinajstić information content (AvgIpc) is 2.93. The highest BCUT2D eigenvalue weighted by atomic mass is 16.7. The Kier molecular flexibility index (Phi) is 3.31. The van der Waals surface area contributed by atoms with E-state index < -0.39 is 5.91 Å². The number of fused-ring (bicyclic) bond motifs is 1. The summed E-state index contributed by atoms with van der Waals surface area (Å²) in [7, 11) is 0. The van der Waals surface area contributed by atoms with E-state index in [0.29, 0.717) is 28.3 Å². The number of hydrogen-bond acceptors (Lipinski definition) is 4. The minimum Gasteiger partial charge on any atom is -0.454 e. The number of nitrogens with one attached hydrogen (secondary N) is 1. The molecule has 0 spiro atoms. The van der Waals surface area contributed by atoms with Crippen LogP contribution in [0.1, 0.15) is 16.7 Å². The number of benzene rings is 2. The molecule has 0 saturated heterocycles. The molecular weight excluding hydrogens is 268 g/mol. The van der Waals surface area contributed by atoms with Crippen LogP contribution in [0.2, 0.25) is 0 Å². The Morgan fingerprint density at radius 3 is 2.48 bits per heavy atom. The number of carbonyl (C=O) groups excluding carboxylic acids is 1. The van der Waals surface area contributed by atoms with Crippen molar-refractivity contribution < 1.29 is 14.3 Å². The molecule has 3 rings (SSSR count). The maximum Gasteiger partial charge on any atom is 0.231 e. The highest BCUT2D eigenvalue weighted by Gasteiger charge is 2.20. The summed E-state index contributed by atoms with van der Waals surface area (Å²) in [6, 6.07) is 12.8. The molecule has 21 heavy (non-hydrogen) atoms. The Labute approximate surface area is 121 Å². The molecule has 0 radical (unpaired) electrons. The van der Waals surface area contributed by atoms with Crippen molar-refractivity contribution in [2.24, 2.45) is 5.73 Å². The first-order chi connectivity index (χ1) is 10.1. The van der Waals surface area contributed by atoms with Crippen molar-refractivity contribution in [3.63, 3.8) is 0 Å². The maximum absolute atomic E-state index is 11.3. The second-order valence-corrected chi connectivity index (χ2v) is 4.75. The molecule has 5 heteroatoms. The molecule has 2 aromatic rings. The van der Waals surface area contributed by atoms with Crippen molar-refractivity contribution in [1.82, 2.24) is 0 Å². The number of rotatable bonds is 4. The SMILES string of the molecule is N=C(c1ccccc1)c1cc2c(cc1CC(N)=O)OCO2. The first-order valence-corrected chi connectivity index (χ1v) is 6.50. The lowest BCUT2D eigenvalue weighted by atomic mass is 9.95. The van der Waals surface area contributed by atoms with Gasteiger partial charge in [0.2, 0.25) is 12.7 Å². The van der Waals surface area contributed by atoms with Crippen LogP contribution in [0.25, 0.3) is 0 Å². The van der Waals surface area contributed by atoms with Gasteiger partial charge in [0, 0.05) is 11.1 Å². The first kappa shape index (κ1) is 13.2. The van der Waals surface area contributed by atoms with E-state index in [2.05, 4.69) is 0 Å². The molecule has 1 amide bonds. The van der Waals surface area contributed by atoms with Crippen LogP contribution in [0.5, 0.6) is 11.5 Å². The van der Waals surface area contributed by atoms with Crippen molar-refractivity contribution in [3.8, 4) is 11.5 Å². The molecule has 0 fully saturated rings. The molecule has 1 aliphatic rings. The first-order valence-electron chi connectivity index (χ1n) is 6.50. The smallest absolute Gasteiger partial charge is 0.231 e. The third kappa shape index (κ3) is 2.58. The predicted molar refractivity (Wildman–Crippen MR) is 77.8 cm³/mol. The van der Waals surface area contributed by atoms with Gasteiger partial charge in [-0.05, 0) is 17.7 Å². The fourth-order valence-corrected chi connectivity index (χ4v) is 2.31. The molecule has 0 bridgehead atoms. The Hall–Kier alpha value is -2.82. The number of hydrogen-bond donors (Lipinski definition) is 2. The minimum atomic E-state index is -0.448. The van der Waals surface area contributed by atoms with Crippen LogP contribution in [0.15, 0.2) is 42.5 Å². The molecule has 1 aliphatic heterocycles. The van der Waals surface area contributed by atoms with Crippen LogP contribution in [0.3, 0.4) is 0 Å². The molecular formula is C16H14N2O3. The summed E-state index contributed by atoms with van der Waals surface area (Å²) in [5.41, 5.74) is 7.68. The largest absolute Gasteiger partial charge is 0.454 e. The van der Waals surface area contributed by atoms with Gasteiger partial charge < -0.3 is 15.2 Å². The van der Waals surface area contributed by atoms with Crippen molar-refractivity contribution in [3.05, 3.63) is 59.2 Å². The van der Waals surface area contributed by atoms with Gasteiger partial charge in [-0.3, -0.25) is 10.2 Å². The van der Waals surface area contributed by atoms with E-state index in [-0.39, 0.29) is 13.2 Å². The lowest BCUT2D eigenvalue weighted by Gasteiger charge is -2.11. The molecule has 1 heterocycles. The molecule has 0 aromatic heterocycles. The van der Waals surface area contributed by atoms with Gasteiger partial charge in [-0.15, -0.1) is 0 Å². The van der Waals surface area contributed by atoms with E-state index in [1.165, 1.54) is 0 Å². The van der Waals surface area contributed by atoms with E-state index in [4.69, 9.17) is 20.6 Å². The Balaban J connectivity index is 2.07. The maximum atomic E-state index is 11.3. The quantitative estimate of drug-likeness (QED) is 0.839.